The number of hydrogen-bond donors (Lipinski definition) is 1. The summed E-state index contributed by atoms with van der Waals surface area (Å²) in [6.07, 6.45) is 8.23. The number of aliphatic imine (C=N–C) groups is 1. The van der Waals surface area contributed by atoms with Gasteiger partial charge in [0.05, 0.1) is 0 Å². The van der Waals surface area contributed by atoms with E-state index >= 15 is 0 Å². The van der Waals surface area contributed by atoms with Crippen LogP contribution in [-0.4, -0.2) is 24.8 Å². The van der Waals surface area contributed by atoms with E-state index in [1.54, 1.807) is 0 Å². The first-order valence-electron chi connectivity index (χ1n) is 6.24. The largest absolute Gasteiger partial charge is 0.315 e. The first kappa shape index (κ1) is 15.4. The van der Waals surface area contributed by atoms with Crippen molar-refractivity contribution >= 4 is 6.21 Å². The molecule has 0 aliphatic carbocycles. The van der Waals surface area contributed by atoms with Crippen LogP contribution in [0.4, 0.5) is 0 Å². The van der Waals surface area contributed by atoms with Crippen molar-refractivity contribution in [2.45, 2.75) is 59.0 Å². The molecule has 0 aliphatic rings. The molecule has 1 N–H and O–H groups in total. The molecule has 0 aliphatic heterocycles. The van der Waals surface area contributed by atoms with Crippen molar-refractivity contribution in [3.8, 4) is 0 Å². The van der Waals surface area contributed by atoms with Gasteiger partial charge in [0.25, 0.3) is 0 Å². The summed E-state index contributed by atoms with van der Waals surface area (Å²) in [5, 5.41) is 3.35. The molecule has 2 atom stereocenters. The van der Waals surface area contributed by atoms with Crippen LogP contribution in [0.1, 0.15) is 47.5 Å². The van der Waals surface area contributed by atoms with E-state index in [-0.39, 0.29) is 5.54 Å². The van der Waals surface area contributed by atoms with Crippen LogP contribution in [0.15, 0.2) is 17.1 Å². The van der Waals surface area contributed by atoms with Crippen LogP contribution in [0.5, 0.6) is 0 Å². The van der Waals surface area contributed by atoms with Crippen molar-refractivity contribution in [2.24, 2.45) is 10.9 Å². The van der Waals surface area contributed by atoms with Crippen LogP contribution in [0.25, 0.3) is 0 Å². The predicted molar refractivity (Wildman–Crippen MR) is 74.3 cm³/mol. The first-order chi connectivity index (χ1) is 7.41. The lowest BCUT2D eigenvalue weighted by molar-refractivity contribution is 0.308. The zero-order chi connectivity index (χ0) is 12.6. The summed E-state index contributed by atoms with van der Waals surface area (Å²) in [6, 6.07) is 0.416. The number of allylic oxidation sites excluding steroid dienone is 2. The third-order valence-electron chi connectivity index (χ3n) is 2.90. The highest BCUT2D eigenvalue weighted by Gasteiger charge is 2.19. The molecule has 16 heavy (non-hydrogen) atoms. The molecule has 2 heteroatoms. The SMILES string of the molecule is C/C=C\C=N/C(C)CC(C)CC(C)(C)NC. The average Bonchev–Trinajstić information content (AvgIpc) is 2.17. The van der Waals surface area contributed by atoms with Gasteiger partial charge in [-0.05, 0) is 59.6 Å². The van der Waals surface area contributed by atoms with Crippen molar-refractivity contribution in [3.63, 3.8) is 0 Å². The van der Waals surface area contributed by atoms with Crippen molar-refractivity contribution in [1.82, 2.24) is 5.32 Å². The van der Waals surface area contributed by atoms with Crippen LogP contribution in [0.3, 0.4) is 0 Å². The smallest absolute Gasteiger partial charge is 0.0474 e. The third-order valence-corrected chi connectivity index (χ3v) is 2.90. The lowest BCUT2D eigenvalue weighted by Gasteiger charge is -2.28. The Morgan fingerprint density at radius 2 is 1.94 bits per heavy atom. The fourth-order valence-electron chi connectivity index (χ4n) is 1.98. The molecule has 0 spiro atoms. The Morgan fingerprint density at radius 1 is 1.31 bits per heavy atom. The van der Waals surface area contributed by atoms with Gasteiger partial charge in [0, 0.05) is 17.8 Å². The number of nitrogens with zero attached hydrogens (tertiary/aromatic N) is 1. The fraction of sp³-hybridized carbons (Fsp3) is 0.786. The highest BCUT2D eigenvalue weighted by atomic mass is 14.9. The zero-order valence-electron chi connectivity index (χ0n) is 11.7. The van der Waals surface area contributed by atoms with E-state index in [0.29, 0.717) is 12.0 Å². The molecular formula is C14H28N2. The lowest BCUT2D eigenvalue weighted by atomic mass is 9.88. The van der Waals surface area contributed by atoms with Gasteiger partial charge in [-0.1, -0.05) is 13.0 Å². The normalized spacial score (nSPS) is 17.1. The standard InChI is InChI=1S/C14H28N2/c1-7-8-9-16-13(3)10-12(2)11-14(4,5)15-6/h7-9,12-13,15H,10-11H2,1-6H3/b8-7-,16-9-. The van der Waals surface area contributed by atoms with Crippen molar-refractivity contribution in [3.05, 3.63) is 12.2 Å². The molecule has 0 aromatic heterocycles. The van der Waals surface area contributed by atoms with Crippen LogP contribution >= 0.6 is 0 Å². The van der Waals surface area contributed by atoms with E-state index in [9.17, 15) is 0 Å². The van der Waals surface area contributed by atoms with E-state index < -0.39 is 0 Å². The van der Waals surface area contributed by atoms with Gasteiger partial charge < -0.3 is 5.32 Å². The molecule has 0 radical (unpaired) electrons. The number of nitrogens with one attached hydrogen (secondary N) is 1. The molecular weight excluding hydrogens is 196 g/mol. The minimum atomic E-state index is 0.228. The molecule has 0 amide bonds. The summed E-state index contributed by atoms with van der Waals surface area (Å²) < 4.78 is 0. The van der Waals surface area contributed by atoms with Gasteiger partial charge in [-0.2, -0.15) is 0 Å². The average molecular weight is 224 g/mol. The maximum Gasteiger partial charge on any atom is 0.0474 e. The minimum Gasteiger partial charge on any atom is -0.315 e. The second kappa shape index (κ2) is 7.61. The Morgan fingerprint density at radius 3 is 2.44 bits per heavy atom. The first-order valence-corrected chi connectivity index (χ1v) is 6.24. The second-order valence-corrected chi connectivity index (χ2v) is 5.35. The predicted octanol–water partition coefficient (Wildman–Crippen LogP) is 3.44. The lowest BCUT2D eigenvalue weighted by Crippen LogP contribution is -2.38. The quantitative estimate of drug-likeness (QED) is 0.658. The van der Waals surface area contributed by atoms with Gasteiger partial charge in [-0.15, -0.1) is 0 Å². The molecule has 0 saturated heterocycles. The summed E-state index contributed by atoms with van der Waals surface area (Å²) in [5.41, 5.74) is 0.228. The fourth-order valence-corrected chi connectivity index (χ4v) is 1.98. The summed E-state index contributed by atoms with van der Waals surface area (Å²) >= 11 is 0. The van der Waals surface area contributed by atoms with E-state index in [2.05, 4.69) is 38.0 Å². The Balaban J connectivity index is 4.00. The van der Waals surface area contributed by atoms with E-state index in [0.717, 1.165) is 6.42 Å². The monoisotopic (exact) mass is 224 g/mol. The number of hydrogen-bond acceptors (Lipinski definition) is 2. The van der Waals surface area contributed by atoms with E-state index in [1.807, 2.05) is 32.3 Å². The maximum absolute atomic E-state index is 4.48. The van der Waals surface area contributed by atoms with Gasteiger partial charge in [0.1, 0.15) is 0 Å². The summed E-state index contributed by atoms with van der Waals surface area (Å²) in [5.74, 6) is 0.695. The number of rotatable bonds is 7. The van der Waals surface area contributed by atoms with Crippen molar-refractivity contribution < 1.29 is 0 Å². The molecule has 0 bridgehead atoms. The van der Waals surface area contributed by atoms with Crippen LogP contribution in [0.2, 0.25) is 0 Å². The minimum absolute atomic E-state index is 0.228. The summed E-state index contributed by atoms with van der Waals surface area (Å²) in [7, 11) is 2.03. The highest BCUT2D eigenvalue weighted by Crippen LogP contribution is 2.20. The van der Waals surface area contributed by atoms with Crippen LogP contribution in [0, 0.1) is 5.92 Å². The molecule has 0 saturated carbocycles. The molecule has 0 aromatic rings. The van der Waals surface area contributed by atoms with Gasteiger partial charge in [-0.3, -0.25) is 4.99 Å². The van der Waals surface area contributed by atoms with Gasteiger partial charge in [0.2, 0.25) is 0 Å². The van der Waals surface area contributed by atoms with Crippen LogP contribution < -0.4 is 5.32 Å². The Kier molecular flexibility index (Phi) is 7.31. The third kappa shape index (κ3) is 7.63. The van der Waals surface area contributed by atoms with Crippen LogP contribution in [-0.2, 0) is 0 Å². The molecule has 2 nitrogen and oxygen atoms in total. The van der Waals surface area contributed by atoms with Gasteiger partial charge >= 0.3 is 0 Å². The Labute approximate surface area is 101 Å². The molecule has 2 unspecified atom stereocenters. The Bertz CT molecular complexity index is 229. The molecule has 0 fully saturated rings. The summed E-state index contributed by atoms with van der Waals surface area (Å²) in [6.45, 7) is 11.0. The topological polar surface area (TPSA) is 24.4 Å². The Hall–Kier alpha value is -0.630. The van der Waals surface area contributed by atoms with Crippen molar-refractivity contribution in [1.29, 1.82) is 0 Å². The summed E-state index contributed by atoms with van der Waals surface area (Å²) in [4.78, 5) is 4.48. The van der Waals surface area contributed by atoms with Gasteiger partial charge in [0.15, 0.2) is 0 Å². The zero-order valence-corrected chi connectivity index (χ0v) is 11.7. The maximum atomic E-state index is 4.48. The van der Waals surface area contributed by atoms with E-state index in [1.165, 1.54) is 6.42 Å². The van der Waals surface area contributed by atoms with Crippen molar-refractivity contribution in [2.75, 3.05) is 7.05 Å². The van der Waals surface area contributed by atoms with E-state index in [4.69, 9.17) is 0 Å². The molecule has 0 rings (SSSR count). The molecule has 0 aromatic carbocycles. The van der Waals surface area contributed by atoms with Gasteiger partial charge in [-0.25, -0.2) is 0 Å². The second-order valence-electron chi connectivity index (χ2n) is 5.35. The highest BCUT2D eigenvalue weighted by molar-refractivity contribution is 5.70. The molecule has 94 valence electrons. The molecule has 0 heterocycles.